The zero-order valence-corrected chi connectivity index (χ0v) is 13.3. The van der Waals surface area contributed by atoms with Crippen molar-refractivity contribution < 1.29 is 0 Å². The minimum absolute atomic E-state index is 0.567. The van der Waals surface area contributed by atoms with Gasteiger partial charge in [-0.15, -0.1) is 5.10 Å². The number of anilines is 3. The molecular weight excluding hydrogens is 274 g/mol. The summed E-state index contributed by atoms with van der Waals surface area (Å²) in [5.74, 6) is 2.29. The van der Waals surface area contributed by atoms with E-state index in [1.165, 1.54) is 18.4 Å². The summed E-state index contributed by atoms with van der Waals surface area (Å²) in [5.41, 5.74) is 2.31. The highest BCUT2D eigenvalue weighted by molar-refractivity contribution is 5.59. The molecular formula is C17H23N5. The number of hydrogen-bond donors (Lipinski definition) is 1. The molecule has 2 heterocycles. The van der Waals surface area contributed by atoms with E-state index in [1.54, 1.807) is 6.20 Å². The molecule has 0 radical (unpaired) electrons. The molecule has 1 saturated heterocycles. The van der Waals surface area contributed by atoms with Crippen LogP contribution in [0.15, 0.2) is 30.5 Å². The lowest BCUT2D eigenvalue weighted by molar-refractivity contribution is 0.436. The SMILES string of the molecule is CCc1ccccc1Nc1nncc(N2CCC(C)CC2)n1. The van der Waals surface area contributed by atoms with Crippen molar-refractivity contribution in [3.8, 4) is 0 Å². The third kappa shape index (κ3) is 3.35. The molecule has 3 rings (SSSR count). The first kappa shape index (κ1) is 14.8. The summed E-state index contributed by atoms with van der Waals surface area (Å²) in [6.07, 6.45) is 5.16. The minimum Gasteiger partial charge on any atom is -0.355 e. The summed E-state index contributed by atoms with van der Waals surface area (Å²) >= 11 is 0. The highest BCUT2D eigenvalue weighted by Gasteiger charge is 2.17. The van der Waals surface area contributed by atoms with E-state index in [-0.39, 0.29) is 0 Å². The molecule has 1 N–H and O–H groups in total. The van der Waals surface area contributed by atoms with Gasteiger partial charge in [0.15, 0.2) is 5.82 Å². The second kappa shape index (κ2) is 6.73. The van der Waals surface area contributed by atoms with E-state index in [4.69, 9.17) is 0 Å². The Kier molecular flexibility index (Phi) is 4.51. The van der Waals surface area contributed by atoms with Gasteiger partial charge in [0.25, 0.3) is 0 Å². The molecule has 1 aliphatic rings. The van der Waals surface area contributed by atoms with Crippen LogP contribution in [-0.4, -0.2) is 28.3 Å². The fourth-order valence-electron chi connectivity index (χ4n) is 2.81. The minimum atomic E-state index is 0.567. The second-order valence-corrected chi connectivity index (χ2v) is 5.94. The van der Waals surface area contributed by atoms with E-state index < -0.39 is 0 Å². The first-order valence-corrected chi connectivity index (χ1v) is 8.06. The number of hydrogen-bond acceptors (Lipinski definition) is 5. The topological polar surface area (TPSA) is 53.9 Å². The average molecular weight is 297 g/mol. The first-order valence-electron chi connectivity index (χ1n) is 8.06. The van der Waals surface area contributed by atoms with Crippen molar-refractivity contribution in [3.63, 3.8) is 0 Å². The van der Waals surface area contributed by atoms with Gasteiger partial charge >= 0.3 is 0 Å². The summed E-state index contributed by atoms with van der Waals surface area (Å²) < 4.78 is 0. The molecule has 116 valence electrons. The summed E-state index contributed by atoms with van der Waals surface area (Å²) in [4.78, 5) is 6.93. The number of para-hydroxylation sites is 1. The molecule has 0 saturated carbocycles. The van der Waals surface area contributed by atoms with E-state index in [1.807, 2.05) is 6.07 Å². The Morgan fingerprint density at radius 3 is 2.77 bits per heavy atom. The summed E-state index contributed by atoms with van der Waals surface area (Å²) in [6.45, 7) is 6.55. The lowest BCUT2D eigenvalue weighted by atomic mass is 9.99. The molecule has 5 heteroatoms. The quantitative estimate of drug-likeness (QED) is 0.937. The average Bonchev–Trinajstić information content (AvgIpc) is 2.56. The number of aromatic nitrogens is 3. The van der Waals surface area contributed by atoms with Crippen LogP contribution in [0.1, 0.15) is 32.3 Å². The van der Waals surface area contributed by atoms with Gasteiger partial charge in [-0.05, 0) is 36.8 Å². The highest BCUT2D eigenvalue weighted by Crippen LogP contribution is 2.23. The van der Waals surface area contributed by atoms with Crippen molar-refractivity contribution in [2.24, 2.45) is 5.92 Å². The van der Waals surface area contributed by atoms with Gasteiger partial charge in [0, 0.05) is 18.8 Å². The zero-order chi connectivity index (χ0) is 15.4. The van der Waals surface area contributed by atoms with Crippen LogP contribution in [0.3, 0.4) is 0 Å². The van der Waals surface area contributed by atoms with Gasteiger partial charge in [-0.2, -0.15) is 10.1 Å². The van der Waals surface area contributed by atoms with Crippen molar-refractivity contribution in [2.75, 3.05) is 23.3 Å². The molecule has 0 amide bonds. The van der Waals surface area contributed by atoms with Gasteiger partial charge in [0.2, 0.25) is 5.95 Å². The van der Waals surface area contributed by atoms with Crippen LogP contribution < -0.4 is 10.2 Å². The molecule has 1 fully saturated rings. The summed E-state index contributed by atoms with van der Waals surface area (Å²) in [6, 6.07) is 8.24. The van der Waals surface area contributed by atoms with Gasteiger partial charge in [0.1, 0.15) is 0 Å². The molecule has 0 bridgehead atoms. The van der Waals surface area contributed by atoms with Crippen molar-refractivity contribution in [1.82, 2.24) is 15.2 Å². The van der Waals surface area contributed by atoms with Crippen molar-refractivity contribution in [3.05, 3.63) is 36.0 Å². The molecule has 0 unspecified atom stereocenters. The Morgan fingerprint density at radius 1 is 1.23 bits per heavy atom. The van der Waals surface area contributed by atoms with Crippen molar-refractivity contribution in [1.29, 1.82) is 0 Å². The molecule has 22 heavy (non-hydrogen) atoms. The van der Waals surface area contributed by atoms with E-state index >= 15 is 0 Å². The molecule has 2 aromatic rings. The fraction of sp³-hybridized carbons (Fsp3) is 0.471. The number of piperidine rings is 1. The molecule has 5 nitrogen and oxygen atoms in total. The van der Waals surface area contributed by atoms with Crippen molar-refractivity contribution >= 4 is 17.5 Å². The van der Waals surface area contributed by atoms with Gasteiger partial charge < -0.3 is 10.2 Å². The maximum Gasteiger partial charge on any atom is 0.249 e. The Labute approximate surface area is 131 Å². The zero-order valence-electron chi connectivity index (χ0n) is 13.3. The first-order chi connectivity index (χ1) is 10.8. The number of benzene rings is 1. The molecule has 0 atom stereocenters. The molecule has 0 aliphatic carbocycles. The maximum atomic E-state index is 4.63. The van der Waals surface area contributed by atoms with E-state index in [0.717, 1.165) is 36.9 Å². The maximum absolute atomic E-state index is 4.63. The Hall–Kier alpha value is -2.17. The second-order valence-electron chi connectivity index (χ2n) is 5.94. The largest absolute Gasteiger partial charge is 0.355 e. The lowest BCUT2D eigenvalue weighted by Crippen LogP contribution is -2.33. The van der Waals surface area contributed by atoms with E-state index in [2.05, 4.69) is 57.4 Å². The Morgan fingerprint density at radius 2 is 2.00 bits per heavy atom. The number of nitrogens with zero attached hydrogens (tertiary/aromatic N) is 4. The van der Waals surface area contributed by atoms with Gasteiger partial charge in [0.05, 0.1) is 6.20 Å². The number of nitrogens with one attached hydrogen (secondary N) is 1. The molecule has 0 spiro atoms. The molecule has 1 aromatic carbocycles. The molecule has 1 aliphatic heterocycles. The van der Waals surface area contributed by atoms with Crippen LogP contribution in [0.5, 0.6) is 0 Å². The predicted molar refractivity (Wildman–Crippen MR) is 89.5 cm³/mol. The highest BCUT2D eigenvalue weighted by atomic mass is 15.3. The summed E-state index contributed by atoms with van der Waals surface area (Å²) in [7, 11) is 0. The van der Waals surface area contributed by atoms with Crippen LogP contribution >= 0.6 is 0 Å². The van der Waals surface area contributed by atoms with Crippen LogP contribution in [0, 0.1) is 5.92 Å². The monoisotopic (exact) mass is 297 g/mol. The van der Waals surface area contributed by atoms with Gasteiger partial charge in [-0.25, -0.2) is 0 Å². The normalized spacial score (nSPS) is 15.8. The van der Waals surface area contributed by atoms with Gasteiger partial charge in [-0.1, -0.05) is 32.0 Å². The van der Waals surface area contributed by atoms with Crippen LogP contribution in [0.4, 0.5) is 17.5 Å². The number of aryl methyl sites for hydroxylation is 1. The molecule has 1 aromatic heterocycles. The van der Waals surface area contributed by atoms with Gasteiger partial charge in [-0.3, -0.25) is 0 Å². The third-order valence-corrected chi connectivity index (χ3v) is 4.30. The standard InChI is InChI=1S/C17H23N5/c1-3-14-6-4-5-7-15(14)19-17-20-16(12-18-21-17)22-10-8-13(2)9-11-22/h4-7,12-13H,3,8-11H2,1-2H3,(H,19,20,21). The number of rotatable bonds is 4. The Bertz CT molecular complexity index is 620. The van der Waals surface area contributed by atoms with E-state index in [9.17, 15) is 0 Å². The fourth-order valence-corrected chi connectivity index (χ4v) is 2.81. The van der Waals surface area contributed by atoms with E-state index in [0.29, 0.717) is 5.95 Å². The Balaban J connectivity index is 1.76. The van der Waals surface area contributed by atoms with Crippen LogP contribution in [-0.2, 0) is 6.42 Å². The predicted octanol–water partition coefficient (Wildman–Crippen LogP) is 3.41. The lowest BCUT2D eigenvalue weighted by Gasteiger charge is -2.30. The van der Waals surface area contributed by atoms with Crippen LogP contribution in [0.25, 0.3) is 0 Å². The summed E-state index contributed by atoms with van der Waals surface area (Å²) in [5, 5.41) is 11.5. The smallest absolute Gasteiger partial charge is 0.249 e. The third-order valence-electron chi connectivity index (χ3n) is 4.30. The van der Waals surface area contributed by atoms with Crippen molar-refractivity contribution in [2.45, 2.75) is 33.1 Å². The van der Waals surface area contributed by atoms with Crippen LogP contribution in [0.2, 0.25) is 0 Å².